The largest absolute Gasteiger partial charge is 0.492 e. The Kier molecular flexibility index (Phi) is 6.69. The van der Waals surface area contributed by atoms with E-state index in [1.165, 1.54) is 0 Å². The van der Waals surface area contributed by atoms with Crippen LogP contribution in [0.2, 0.25) is 0 Å². The van der Waals surface area contributed by atoms with Crippen LogP contribution in [0.15, 0.2) is 48.0 Å². The Hall–Kier alpha value is -3.30. The maximum Gasteiger partial charge on any atom is 0.291 e. The second-order valence-electron chi connectivity index (χ2n) is 3.92. The predicted octanol–water partition coefficient (Wildman–Crippen LogP) is 0.519. The van der Waals surface area contributed by atoms with E-state index in [4.69, 9.17) is 31.5 Å². The van der Waals surface area contributed by atoms with Crippen molar-refractivity contribution in [3.05, 3.63) is 53.1 Å². The van der Waals surface area contributed by atoms with Crippen LogP contribution in [-0.4, -0.2) is 32.4 Å². The molecular weight excluding hydrogens is 292 g/mol. The number of hydrogen-bond acceptors (Lipinski definition) is 5. The Bertz CT molecular complexity index is 589. The lowest BCUT2D eigenvalue weighted by atomic mass is 10.3. The Balaban J connectivity index is 0.000000541. The number of ether oxygens (including phenoxy) is 1. The number of hydrogen-bond donors (Lipinski definition) is 3. The number of guanidine groups is 1. The second kappa shape index (κ2) is 8.79. The van der Waals surface area contributed by atoms with Crippen molar-refractivity contribution in [3.63, 3.8) is 0 Å². The lowest BCUT2D eigenvalue weighted by Crippen LogP contribution is -2.21. The summed E-state index contributed by atoms with van der Waals surface area (Å²) in [7, 11) is 0. The van der Waals surface area contributed by atoms with Gasteiger partial charge in [0.1, 0.15) is 12.4 Å². The molecule has 0 saturated carbocycles. The van der Waals surface area contributed by atoms with Crippen molar-refractivity contribution in [1.29, 1.82) is 0 Å². The lowest BCUT2D eigenvalue weighted by molar-refractivity contribution is -0.742. The molecule has 0 atom stereocenters. The third-order valence-corrected chi connectivity index (χ3v) is 2.27. The molecule has 118 valence electrons. The summed E-state index contributed by atoms with van der Waals surface area (Å²) in [4.78, 5) is 16.2. The van der Waals surface area contributed by atoms with Crippen molar-refractivity contribution in [2.24, 2.45) is 16.5 Å². The fraction of sp³-hybridized carbons (Fsp3) is 0.167. The molecule has 0 bridgehead atoms. The maximum atomic E-state index is 8.36. The molecule has 0 saturated heterocycles. The van der Waals surface area contributed by atoms with Gasteiger partial charge in [0.15, 0.2) is 5.96 Å². The summed E-state index contributed by atoms with van der Waals surface area (Å²) in [6.45, 7) is 1.34. The molecule has 0 radical (unpaired) electrons. The average molecular weight is 308 g/mol. The summed E-state index contributed by atoms with van der Waals surface area (Å²) in [6, 6.07) is 7.25. The van der Waals surface area contributed by atoms with Crippen LogP contribution < -0.4 is 16.2 Å². The summed E-state index contributed by atoms with van der Waals surface area (Å²) in [5.41, 5.74) is 11.3. The number of rotatable bonds is 5. The minimum Gasteiger partial charge on any atom is -0.492 e. The lowest BCUT2D eigenvalue weighted by Gasteiger charge is -2.06. The Labute approximate surface area is 125 Å². The minimum atomic E-state index is -1.50. The highest BCUT2D eigenvalue weighted by atomic mass is 16.9. The van der Waals surface area contributed by atoms with Gasteiger partial charge in [0.25, 0.3) is 5.09 Å². The molecule has 0 unspecified atom stereocenters. The quantitative estimate of drug-likeness (QED) is 0.314. The smallest absolute Gasteiger partial charge is 0.291 e. The SMILES string of the molecule is NC(N)=Nc1ccc(OCCn2ccnc2)cc1.O=[N+]([O-])O. The number of aromatic nitrogens is 2. The van der Waals surface area contributed by atoms with Gasteiger partial charge in [-0.15, -0.1) is 10.1 Å². The van der Waals surface area contributed by atoms with Crippen molar-refractivity contribution in [2.75, 3.05) is 6.61 Å². The van der Waals surface area contributed by atoms with Crippen LogP contribution in [0.4, 0.5) is 5.69 Å². The zero-order valence-electron chi connectivity index (χ0n) is 11.6. The van der Waals surface area contributed by atoms with E-state index < -0.39 is 5.09 Å². The van der Waals surface area contributed by atoms with E-state index in [9.17, 15) is 0 Å². The van der Waals surface area contributed by atoms with Gasteiger partial charge in [0.2, 0.25) is 0 Å². The number of aliphatic imine (C=N–C) groups is 1. The summed E-state index contributed by atoms with van der Waals surface area (Å²) >= 11 is 0. The predicted molar refractivity (Wildman–Crippen MR) is 78.4 cm³/mol. The van der Waals surface area contributed by atoms with Gasteiger partial charge in [0.05, 0.1) is 18.6 Å². The first-order valence-electron chi connectivity index (χ1n) is 6.09. The fourth-order valence-electron chi connectivity index (χ4n) is 1.45. The number of benzene rings is 1. The standard InChI is InChI=1S/C12H15N5O.HNO3/c13-12(14)16-10-1-3-11(4-2-10)18-8-7-17-6-5-15-9-17;2-1(3)4/h1-6,9H,7-8H2,(H4,13,14,16);(H,2,3,4). The van der Waals surface area contributed by atoms with Crippen molar-refractivity contribution >= 4 is 11.6 Å². The monoisotopic (exact) mass is 308 g/mol. The van der Waals surface area contributed by atoms with Gasteiger partial charge in [-0.2, -0.15) is 0 Å². The van der Waals surface area contributed by atoms with Crippen LogP contribution in [0.1, 0.15) is 0 Å². The molecule has 10 heteroatoms. The molecule has 1 heterocycles. The van der Waals surface area contributed by atoms with E-state index in [1.807, 2.05) is 22.9 Å². The van der Waals surface area contributed by atoms with Crippen LogP contribution in [0.5, 0.6) is 5.75 Å². The van der Waals surface area contributed by atoms with Crippen molar-refractivity contribution in [3.8, 4) is 5.75 Å². The molecule has 22 heavy (non-hydrogen) atoms. The van der Waals surface area contributed by atoms with Crippen molar-refractivity contribution in [2.45, 2.75) is 6.54 Å². The zero-order chi connectivity index (χ0) is 16.4. The molecule has 0 spiro atoms. The van der Waals surface area contributed by atoms with Crippen LogP contribution in [-0.2, 0) is 6.54 Å². The van der Waals surface area contributed by atoms with E-state index in [1.54, 1.807) is 24.7 Å². The van der Waals surface area contributed by atoms with Crippen LogP contribution in [0, 0.1) is 10.1 Å². The van der Waals surface area contributed by atoms with Gasteiger partial charge in [-0.05, 0) is 24.3 Å². The van der Waals surface area contributed by atoms with Crippen LogP contribution in [0.25, 0.3) is 0 Å². The number of imidazole rings is 1. The number of nitrogens with two attached hydrogens (primary N) is 2. The first-order chi connectivity index (χ1) is 10.5. The summed E-state index contributed by atoms with van der Waals surface area (Å²) in [5, 5.41) is 13.6. The highest BCUT2D eigenvalue weighted by molar-refractivity contribution is 5.78. The topological polar surface area (TPSA) is 155 Å². The van der Waals surface area contributed by atoms with Crippen LogP contribution in [0.3, 0.4) is 0 Å². The molecule has 5 N–H and O–H groups in total. The molecule has 0 aliphatic carbocycles. The zero-order valence-corrected chi connectivity index (χ0v) is 11.6. The van der Waals surface area contributed by atoms with Gasteiger partial charge < -0.3 is 26.0 Å². The fourth-order valence-corrected chi connectivity index (χ4v) is 1.45. The molecular formula is C12H16N6O4. The first-order valence-corrected chi connectivity index (χ1v) is 6.09. The molecule has 2 aromatic rings. The normalized spacial score (nSPS) is 9.27. The van der Waals surface area contributed by atoms with E-state index in [-0.39, 0.29) is 5.96 Å². The highest BCUT2D eigenvalue weighted by Gasteiger charge is 1.95. The Morgan fingerprint density at radius 2 is 2.05 bits per heavy atom. The van der Waals surface area contributed by atoms with E-state index in [0.29, 0.717) is 12.3 Å². The maximum absolute atomic E-state index is 8.36. The second-order valence-corrected chi connectivity index (χ2v) is 3.92. The molecule has 0 fully saturated rings. The summed E-state index contributed by atoms with van der Waals surface area (Å²) in [5.74, 6) is 0.827. The molecule has 0 aliphatic heterocycles. The molecule has 1 aromatic heterocycles. The molecule has 2 rings (SSSR count). The van der Waals surface area contributed by atoms with Gasteiger partial charge in [-0.3, -0.25) is 0 Å². The Morgan fingerprint density at radius 3 is 2.55 bits per heavy atom. The molecule has 10 nitrogen and oxygen atoms in total. The van der Waals surface area contributed by atoms with Crippen molar-refractivity contribution < 1.29 is 15.0 Å². The third-order valence-electron chi connectivity index (χ3n) is 2.27. The Morgan fingerprint density at radius 1 is 1.41 bits per heavy atom. The summed E-state index contributed by atoms with van der Waals surface area (Å²) < 4.78 is 7.53. The van der Waals surface area contributed by atoms with Gasteiger partial charge in [-0.25, -0.2) is 9.98 Å². The minimum absolute atomic E-state index is 0.0452. The van der Waals surface area contributed by atoms with E-state index in [0.717, 1.165) is 12.3 Å². The third kappa shape index (κ3) is 7.33. The van der Waals surface area contributed by atoms with E-state index in [2.05, 4.69) is 9.98 Å². The summed E-state index contributed by atoms with van der Waals surface area (Å²) in [6.07, 6.45) is 5.39. The van der Waals surface area contributed by atoms with Gasteiger partial charge in [0, 0.05) is 12.4 Å². The van der Waals surface area contributed by atoms with Crippen LogP contribution >= 0.6 is 0 Å². The molecule has 1 aromatic carbocycles. The van der Waals surface area contributed by atoms with Gasteiger partial charge in [-0.1, -0.05) is 0 Å². The molecule has 0 amide bonds. The molecule has 0 aliphatic rings. The van der Waals surface area contributed by atoms with Crippen molar-refractivity contribution in [1.82, 2.24) is 9.55 Å². The highest BCUT2D eigenvalue weighted by Crippen LogP contribution is 2.17. The average Bonchev–Trinajstić information content (AvgIpc) is 2.93. The van der Waals surface area contributed by atoms with E-state index >= 15 is 0 Å². The number of nitrogens with zero attached hydrogens (tertiary/aromatic N) is 4. The first kappa shape index (κ1) is 16.8. The van der Waals surface area contributed by atoms with Gasteiger partial charge >= 0.3 is 0 Å².